The van der Waals surface area contributed by atoms with E-state index in [9.17, 15) is 18.0 Å². The highest BCUT2D eigenvalue weighted by atomic mass is 32.2. The minimum Gasteiger partial charge on any atom is -0.324 e. The van der Waals surface area contributed by atoms with Gasteiger partial charge in [-0.25, -0.2) is 8.42 Å². The van der Waals surface area contributed by atoms with Gasteiger partial charge in [0.25, 0.3) is 5.56 Å². The average molecular weight is 418 g/mol. The van der Waals surface area contributed by atoms with E-state index in [4.69, 9.17) is 0 Å². The first kappa shape index (κ1) is 21.3. The van der Waals surface area contributed by atoms with Gasteiger partial charge in [0.2, 0.25) is 15.9 Å². The third-order valence-electron chi connectivity index (χ3n) is 5.36. The minimum atomic E-state index is -3.88. The zero-order valence-electron chi connectivity index (χ0n) is 16.8. The predicted octanol–water partition coefficient (Wildman–Crippen LogP) is 2.67. The minimum absolute atomic E-state index is 0.254. The van der Waals surface area contributed by atoms with Crippen LogP contribution in [0, 0.1) is 13.8 Å². The second-order valence-corrected chi connectivity index (χ2v) is 9.33. The zero-order valence-corrected chi connectivity index (χ0v) is 17.7. The summed E-state index contributed by atoms with van der Waals surface area (Å²) in [7, 11) is -3.88. The van der Waals surface area contributed by atoms with Gasteiger partial charge in [-0.15, -0.1) is 0 Å². The molecule has 1 aliphatic rings. The average Bonchev–Trinajstić information content (AvgIpc) is 2.97. The van der Waals surface area contributed by atoms with Crippen LogP contribution in [-0.4, -0.2) is 36.3 Å². The molecule has 7 nitrogen and oxygen atoms in total. The van der Waals surface area contributed by atoms with E-state index in [1.807, 2.05) is 26.0 Å². The number of hydrogen-bond donors (Lipinski definition) is 1. The molecule has 1 aliphatic heterocycles. The number of anilines is 1. The van der Waals surface area contributed by atoms with E-state index < -0.39 is 15.6 Å². The maximum absolute atomic E-state index is 13.0. The van der Waals surface area contributed by atoms with Gasteiger partial charge in [-0.05, 0) is 56.0 Å². The van der Waals surface area contributed by atoms with Crippen molar-refractivity contribution in [3.63, 3.8) is 0 Å². The van der Waals surface area contributed by atoms with Crippen molar-refractivity contribution in [1.29, 1.82) is 0 Å². The maximum atomic E-state index is 13.0. The van der Waals surface area contributed by atoms with Crippen LogP contribution < -0.4 is 10.9 Å². The molecule has 1 N–H and O–H groups in total. The smallest absolute Gasteiger partial charge is 0.271 e. The summed E-state index contributed by atoms with van der Waals surface area (Å²) in [6.45, 7) is 4.45. The molecule has 0 spiro atoms. The topological polar surface area (TPSA) is 88.5 Å². The van der Waals surface area contributed by atoms with Crippen LogP contribution in [-0.2, 0) is 21.4 Å². The number of amides is 1. The molecule has 0 aliphatic carbocycles. The molecular weight excluding hydrogens is 390 g/mol. The van der Waals surface area contributed by atoms with Crippen LogP contribution in [0.4, 0.5) is 5.69 Å². The fourth-order valence-corrected chi connectivity index (χ4v) is 5.09. The van der Waals surface area contributed by atoms with E-state index in [2.05, 4.69) is 5.32 Å². The molecule has 1 amide bonds. The van der Waals surface area contributed by atoms with Crippen LogP contribution >= 0.6 is 0 Å². The highest BCUT2D eigenvalue weighted by molar-refractivity contribution is 7.89. The number of carbonyl (C=O) groups is 1. The molecule has 0 radical (unpaired) electrons. The number of nitrogens with zero attached hydrogens (tertiary/aromatic N) is 2. The second-order valence-electron chi connectivity index (χ2n) is 7.42. The number of sulfonamides is 1. The number of carbonyl (C=O) groups excluding carboxylic acids is 1. The Morgan fingerprint density at radius 1 is 1.03 bits per heavy atom. The highest BCUT2D eigenvalue weighted by Gasteiger charge is 2.28. The summed E-state index contributed by atoms with van der Waals surface area (Å²) >= 11 is 0. The van der Waals surface area contributed by atoms with E-state index in [-0.39, 0.29) is 17.3 Å². The van der Waals surface area contributed by atoms with Gasteiger partial charge >= 0.3 is 0 Å². The lowest BCUT2D eigenvalue weighted by molar-refractivity contribution is -0.116. The first-order valence-electron chi connectivity index (χ1n) is 9.86. The number of aryl methyl sites for hydroxylation is 1. The summed E-state index contributed by atoms with van der Waals surface area (Å²) in [5.41, 5.74) is 2.00. The summed E-state index contributed by atoms with van der Waals surface area (Å²) in [4.78, 5) is 25.0. The van der Waals surface area contributed by atoms with Gasteiger partial charge in [-0.1, -0.05) is 25.0 Å². The van der Waals surface area contributed by atoms with Gasteiger partial charge < -0.3 is 9.88 Å². The molecule has 1 saturated heterocycles. The van der Waals surface area contributed by atoms with Gasteiger partial charge in [0.1, 0.15) is 11.4 Å². The lowest BCUT2D eigenvalue weighted by atomic mass is 10.1. The maximum Gasteiger partial charge on any atom is 0.271 e. The Morgan fingerprint density at radius 2 is 1.72 bits per heavy atom. The molecule has 0 bridgehead atoms. The molecule has 0 saturated carbocycles. The lowest BCUT2D eigenvalue weighted by Gasteiger charge is -2.20. The Bertz CT molecular complexity index is 1050. The molecule has 29 heavy (non-hydrogen) atoms. The van der Waals surface area contributed by atoms with Crippen molar-refractivity contribution in [2.45, 2.75) is 51.0 Å². The number of hydrogen-bond acceptors (Lipinski definition) is 4. The van der Waals surface area contributed by atoms with Crippen molar-refractivity contribution in [1.82, 2.24) is 8.87 Å². The van der Waals surface area contributed by atoms with Gasteiger partial charge in [-0.2, -0.15) is 4.31 Å². The molecule has 0 atom stereocenters. The first-order valence-corrected chi connectivity index (χ1v) is 11.3. The van der Waals surface area contributed by atoms with E-state index in [1.165, 1.54) is 22.6 Å². The predicted molar refractivity (Wildman–Crippen MR) is 112 cm³/mol. The van der Waals surface area contributed by atoms with Crippen molar-refractivity contribution in [2.75, 3.05) is 18.4 Å². The Kier molecular flexibility index (Phi) is 6.54. The van der Waals surface area contributed by atoms with Crippen molar-refractivity contribution < 1.29 is 13.2 Å². The van der Waals surface area contributed by atoms with Crippen LogP contribution in [0.15, 0.2) is 46.2 Å². The van der Waals surface area contributed by atoms with Gasteiger partial charge in [0, 0.05) is 25.0 Å². The number of nitrogens with one attached hydrogen (secondary N) is 1. The summed E-state index contributed by atoms with van der Waals surface area (Å²) in [5.74, 6) is -0.384. The molecule has 1 aromatic heterocycles. The van der Waals surface area contributed by atoms with Gasteiger partial charge in [-0.3, -0.25) is 9.59 Å². The van der Waals surface area contributed by atoms with Gasteiger partial charge in [0.15, 0.2) is 0 Å². The van der Waals surface area contributed by atoms with Gasteiger partial charge in [0.05, 0.1) is 0 Å². The van der Waals surface area contributed by atoms with Crippen LogP contribution in [0.2, 0.25) is 0 Å². The monoisotopic (exact) mass is 417 g/mol. The van der Waals surface area contributed by atoms with Crippen LogP contribution in [0.1, 0.15) is 36.8 Å². The molecule has 1 fully saturated rings. The van der Waals surface area contributed by atoms with Crippen molar-refractivity contribution in [2.24, 2.45) is 0 Å². The zero-order chi connectivity index (χ0) is 21.0. The third-order valence-corrected chi connectivity index (χ3v) is 7.27. The molecule has 156 valence electrons. The molecule has 2 heterocycles. The number of pyridine rings is 1. The van der Waals surface area contributed by atoms with Crippen molar-refractivity contribution in [3.8, 4) is 0 Å². The molecule has 8 heteroatoms. The molecule has 3 rings (SSSR count). The second kappa shape index (κ2) is 8.92. The Labute approximate surface area is 171 Å². The number of rotatable bonds is 5. The van der Waals surface area contributed by atoms with E-state index in [1.54, 1.807) is 6.07 Å². The summed E-state index contributed by atoms with van der Waals surface area (Å²) in [5, 5.41) is 2.80. The Morgan fingerprint density at radius 3 is 2.41 bits per heavy atom. The summed E-state index contributed by atoms with van der Waals surface area (Å²) in [6.07, 6.45) is 5.00. The lowest BCUT2D eigenvalue weighted by Crippen LogP contribution is -2.37. The summed E-state index contributed by atoms with van der Waals surface area (Å²) in [6, 6.07) is 8.41. The van der Waals surface area contributed by atoms with Crippen LogP contribution in [0.3, 0.4) is 0 Å². The largest absolute Gasteiger partial charge is 0.324 e. The van der Waals surface area contributed by atoms with E-state index >= 15 is 0 Å². The molecule has 2 aromatic rings. The fraction of sp³-hybridized carbons (Fsp3) is 0.429. The SMILES string of the molecule is Cc1cccc(NC(=O)Cn2cccc(S(=O)(=O)N3CCCCCC3)c2=O)c1C. The highest BCUT2D eigenvalue weighted by Crippen LogP contribution is 2.19. The number of aromatic nitrogens is 1. The molecular formula is C21H27N3O4S. The number of benzene rings is 1. The Hall–Kier alpha value is -2.45. The van der Waals surface area contributed by atoms with E-state index in [0.29, 0.717) is 18.8 Å². The van der Waals surface area contributed by atoms with E-state index in [0.717, 1.165) is 41.4 Å². The molecule has 0 unspecified atom stereocenters. The fourth-order valence-electron chi connectivity index (χ4n) is 3.49. The summed E-state index contributed by atoms with van der Waals surface area (Å²) < 4.78 is 28.5. The first-order chi connectivity index (χ1) is 13.8. The third kappa shape index (κ3) is 4.76. The van der Waals surface area contributed by atoms with Crippen molar-refractivity contribution >= 4 is 21.6 Å². The molecule has 1 aromatic carbocycles. The van der Waals surface area contributed by atoms with Crippen LogP contribution in [0.5, 0.6) is 0 Å². The van der Waals surface area contributed by atoms with Crippen molar-refractivity contribution in [3.05, 3.63) is 58.0 Å². The normalized spacial score (nSPS) is 15.7. The standard InChI is InChI=1S/C21H27N3O4S/c1-16-9-7-10-18(17(16)2)22-20(25)15-23-12-8-11-19(21(23)26)29(27,28)24-13-5-3-4-6-14-24/h7-12H,3-6,13-15H2,1-2H3,(H,22,25). The Balaban J connectivity index is 1.82. The quantitative estimate of drug-likeness (QED) is 0.810. The van der Waals surface area contributed by atoms with Crippen LogP contribution in [0.25, 0.3) is 0 Å².